The van der Waals surface area contributed by atoms with Gasteiger partial charge in [0.25, 0.3) is 11.7 Å². The zero-order valence-electron chi connectivity index (χ0n) is 17.7. The first kappa shape index (κ1) is 21.7. The fourth-order valence-electron chi connectivity index (χ4n) is 4.04. The number of carbonyl (C=O) groups is 2. The van der Waals surface area contributed by atoms with Gasteiger partial charge in [-0.3, -0.25) is 9.59 Å². The standard InChI is InChI=1S/C26H22ClNO4/c1-16-7-3-5-9-20(16)23-22(24(29)17-11-13-19(27)14-12-17)25(30)26(31)28(23)15-18-8-4-6-10-21(18)32-2/h3-14,23,29H,15H2,1-2H3/b24-22+. The van der Waals surface area contributed by atoms with Crippen molar-refractivity contribution in [2.75, 3.05) is 7.11 Å². The molecule has 1 unspecified atom stereocenters. The lowest BCUT2D eigenvalue weighted by atomic mass is 9.92. The molecular weight excluding hydrogens is 426 g/mol. The Labute approximate surface area is 191 Å². The first-order chi connectivity index (χ1) is 15.4. The second kappa shape index (κ2) is 8.89. The summed E-state index contributed by atoms with van der Waals surface area (Å²) in [5, 5.41) is 11.6. The van der Waals surface area contributed by atoms with Gasteiger partial charge in [-0.25, -0.2) is 0 Å². The summed E-state index contributed by atoms with van der Waals surface area (Å²) < 4.78 is 5.44. The van der Waals surface area contributed by atoms with Gasteiger partial charge in [0.2, 0.25) is 0 Å². The Kier molecular flexibility index (Phi) is 6.01. The molecule has 1 fully saturated rings. The van der Waals surface area contributed by atoms with Crippen LogP contribution in [0.3, 0.4) is 0 Å². The summed E-state index contributed by atoms with van der Waals surface area (Å²) >= 11 is 5.98. The maximum atomic E-state index is 13.2. The van der Waals surface area contributed by atoms with Crippen LogP contribution in [-0.2, 0) is 16.1 Å². The Hall–Kier alpha value is -3.57. The van der Waals surface area contributed by atoms with Crippen LogP contribution in [-0.4, -0.2) is 28.8 Å². The van der Waals surface area contributed by atoms with E-state index in [9.17, 15) is 14.7 Å². The second-order valence-corrected chi connectivity index (χ2v) is 8.04. The quantitative estimate of drug-likeness (QED) is 0.328. The van der Waals surface area contributed by atoms with E-state index in [2.05, 4.69) is 0 Å². The lowest BCUT2D eigenvalue weighted by Gasteiger charge is -2.27. The molecule has 3 aromatic carbocycles. The molecule has 1 N–H and O–H groups in total. The molecule has 5 nitrogen and oxygen atoms in total. The van der Waals surface area contributed by atoms with Crippen molar-refractivity contribution in [3.8, 4) is 5.75 Å². The van der Waals surface area contributed by atoms with Crippen molar-refractivity contribution >= 4 is 29.1 Å². The van der Waals surface area contributed by atoms with Gasteiger partial charge in [-0.15, -0.1) is 0 Å². The number of benzene rings is 3. The first-order valence-electron chi connectivity index (χ1n) is 10.1. The first-order valence-corrected chi connectivity index (χ1v) is 10.5. The van der Waals surface area contributed by atoms with E-state index in [0.717, 1.165) is 16.7 Å². The summed E-state index contributed by atoms with van der Waals surface area (Å²) in [4.78, 5) is 27.8. The number of aryl methyl sites for hydroxylation is 1. The number of hydrogen-bond donors (Lipinski definition) is 1. The van der Waals surface area contributed by atoms with E-state index in [1.807, 2.05) is 55.5 Å². The number of methoxy groups -OCH3 is 1. The van der Waals surface area contributed by atoms with Crippen molar-refractivity contribution in [1.29, 1.82) is 0 Å². The molecule has 0 aliphatic carbocycles. The number of carbonyl (C=O) groups excluding carboxylic acids is 2. The van der Waals surface area contributed by atoms with Gasteiger partial charge in [0.15, 0.2) is 0 Å². The number of halogens is 1. The van der Waals surface area contributed by atoms with Crippen LogP contribution >= 0.6 is 11.6 Å². The van der Waals surface area contributed by atoms with E-state index in [4.69, 9.17) is 16.3 Å². The number of aliphatic hydroxyl groups excluding tert-OH is 1. The molecule has 32 heavy (non-hydrogen) atoms. The van der Waals surface area contributed by atoms with Gasteiger partial charge in [-0.05, 0) is 48.4 Å². The maximum absolute atomic E-state index is 13.2. The van der Waals surface area contributed by atoms with Gasteiger partial charge in [-0.2, -0.15) is 0 Å². The molecule has 1 saturated heterocycles. The van der Waals surface area contributed by atoms with E-state index in [1.165, 1.54) is 4.90 Å². The van der Waals surface area contributed by atoms with Crippen LogP contribution in [0.1, 0.15) is 28.3 Å². The summed E-state index contributed by atoms with van der Waals surface area (Å²) in [5.41, 5.74) is 2.93. The molecule has 1 heterocycles. The van der Waals surface area contributed by atoms with Gasteiger partial charge in [0.1, 0.15) is 11.5 Å². The number of hydrogen-bond acceptors (Lipinski definition) is 4. The molecule has 1 aliphatic heterocycles. The van der Waals surface area contributed by atoms with Crippen molar-refractivity contribution in [2.24, 2.45) is 0 Å². The Balaban J connectivity index is 1.89. The monoisotopic (exact) mass is 447 g/mol. The maximum Gasteiger partial charge on any atom is 0.295 e. The SMILES string of the molecule is COc1ccccc1CN1C(=O)C(=O)/C(=C(/O)c2ccc(Cl)cc2)C1c1ccccc1C. The van der Waals surface area contributed by atoms with Crippen LogP contribution in [0.2, 0.25) is 5.02 Å². The van der Waals surface area contributed by atoms with Crippen LogP contribution in [0, 0.1) is 6.92 Å². The smallest absolute Gasteiger partial charge is 0.295 e. The molecule has 0 aromatic heterocycles. The zero-order chi connectivity index (χ0) is 22.8. The van der Waals surface area contributed by atoms with Crippen molar-refractivity contribution in [2.45, 2.75) is 19.5 Å². The lowest BCUT2D eigenvalue weighted by molar-refractivity contribution is -0.140. The number of para-hydroxylation sites is 1. The Morgan fingerprint density at radius 3 is 2.34 bits per heavy atom. The Morgan fingerprint density at radius 1 is 1.00 bits per heavy atom. The van der Waals surface area contributed by atoms with Gasteiger partial charge in [-0.1, -0.05) is 54.1 Å². The minimum absolute atomic E-state index is 0.0570. The summed E-state index contributed by atoms with van der Waals surface area (Å²) in [5.74, 6) is -0.994. The minimum atomic E-state index is -0.739. The molecule has 0 radical (unpaired) electrons. The van der Waals surface area contributed by atoms with E-state index in [-0.39, 0.29) is 17.9 Å². The Bertz CT molecular complexity index is 1220. The number of ether oxygens (including phenoxy) is 1. The van der Waals surface area contributed by atoms with Crippen LogP contribution in [0.25, 0.3) is 5.76 Å². The Morgan fingerprint density at radius 2 is 1.66 bits per heavy atom. The number of rotatable bonds is 5. The average Bonchev–Trinajstić information content (AvgIpc) is 3.04. The highest BCUT2D eigenvalue weighted by atomic mass is 35.5. The summed E-state index contributed by atoms with van der Waals surface area (Å²) in [7, 11) is 1.56. The normalized spacial score (nSPS) is 17.6. The van der Waals surface area contributed by atoms with Gasteiger partial charge in [0.05, 0.1) is 25.3 Å². The van der Waals surface area contributed by atoms with Crippen LogP contribution in [0.5, 0.6) is 5.75 Å². The highest BCUT2D eigenvalue weighted by Gasteiger charge is 2.46. The molecular formula is C26H22ClNO4. The number of ketones is 1. The molecule has 162 valence electrons. The number of likely N-dealkylation sites (tertiary alicyclic amines) is 1. The molecule has 3 aromatic rings. The highest BCUT2D eigenvalue weighted by Crippen LogP contribution is 2.42. The van der Waals surface area contributed by atoms with E-state index >= 15 is 0 Å². The molecule has 1 amide bonds. The van der Waals surface area contributed by atoms with Crippen molar-refractivity contribution in [3.05, 3.63) is 106 Å². The number of nitrogens with zero attached hydrogens (tertiary/aromatic N) is 1. The second-order valence-electron chi connectivity index (χ2n) is 7.60. The predicted octanol–water partition coefficient (Wildman–Crippen LogP) is 5.28. The van der Waals surface area contributed by atoms with Gasteiger partial charge < -0.3 is 14.7 Å². The van der Waals surface area contributed by atoms with Crippen LogP contribution in [0.4, 0.5) is 0 Å². The fraction of sp³-hybridized carbons (Fsp3) is 0.154. The molecule has 4 rings (SSSR count). The third-order valence-electron chi connectivity index (χ3n) is 5.67. The zero-order valence-corrected chi connectivity index (χ0v) is 18.5. The molecule has 0 spiro atoms. The third-order valence-corrected chi connectivity index (χ3v) is 5.93. The summed E-state index contributed by atoms with van der Waals surface area (Å²) in [6.07, 6.45) is 0. The summed E-state index contributed by atoms with van der Waals surface area (Å²) in [6, 6.07) is 20.7. The topological polar surface area (TPSA) is 66.8 Å². The van der Waals surface area contributed by atoms with Crippen LogP contribution < -0.4 is 4.74 Å². The molecule has 1 aliphatic rings. The summed E-state index contributed by atoms with van der Waals surface area (Å²) in [6.45, 7) is 2.08. The minimum Gasteiger partial charge on any atom is -0.507 e. The van der Waals surface area contributed by atoms with Crippen molar-refractivity contribution in [1.82, 2.24) is 4.90 Å². The fourth-order valence-corrected chi connectivity index (χ4v) is 4.17. The average molecular weight is 448 g/mol. The predicted molar refractivity (Wildman–Crippen MR) is 123 cm³/mol. The van der Waals surface area contributed by atoms with E-state index < -0.39 is 17.7 Å². The number of amides is 1. The molecule has 6 heteroatoms. The molecule has 1 atom stereocenters. The third kappa shape index (κ3) is 3.87. The lowest BCUT2D eigenvalue weighted by Crippen LogP contribution is -2.29. The van der Waals surface area contributed by atoms with E-state index in [1.54, 1.807) is 31.4 Å². The van der Waals surface area contributed by atoms with Gasteiger partial charge >= 0.3 is 0 Å². The largest absolute Gasteiger partial charge is 0.507 e. The van der Waals surface area contributed by atoms with Crippen molar-refractivity contribution < 1.29 is 19.4 Å². The van der Waals surface area contributed by atoms with Gasteiger partial charge in [0, 0.05) is 16.1 Å². The van der Waals surface area contributed by atoms with Crippen LogP contribution in [0.15, 0.2) is 78.4 Å². The van der Waals surface area contributed by atoms with Crippen molar-refractivity contribution in [3.63, 3.8) is 0 Å². The molecule has 0 saturated carbocycles. The number of Topliss-reactive ketones (excluding diaryl/α,β-unsaturated/α-hetero) is 1. The number of aliphatic hydroxyl groups is 1. The molecule has 0 bridgehead atoms. The van der Waals surface area contributed by atoms with E-state index in [0.29, 0.717) is 16.3 Å². The highest BCUT2D eigenvalue weighted by molar-refractivity contribution is 6.46.